The molecule has 1 fully saturated rings. The molecule has 1 unspecified atom stereocenters. The fourth-order valence-corrected chi connectivity index (χ4v) is 3.59. The molecular weight excluding hydrogens is 324 g/mol. The SMILES string of the molecule is COc1cccc(C(=O)N2CCN(CC(O)c3cccs3)CC2)c1. The number of nitrogens with zero attached hydrogens (tertiary/aromatic N) is 2. The van der Waals surface area contributed by atoms with E-state index in [-0.39, 0.29) is 5.91 Å². The number of amides is 1. The lowest BCUT2D eigenvalue weighted by Gasteiger charge is -2.35. The number of benzene rings is 1. The van der Waals surface area contributed by atoms with Crippen LogP contribution in [0.1, 0.15) is 21.3 Å². The molecule has 1 aliphatic heterocycles. The Labute approximate surface area is 146 Å². The van der Waals surface area contributed by atoms with Crippen LogP contribution >= 0.6 is 11.3 Å². The van der Waals surface area contributed by atoms with Crippen LogP contribution in [0, 0.1) is 0 Å². The summed E-state index contributed by atoms with van der Waals surface area (Å²) in [4.78, 5) is 17.7. The Hall–Kier alpha value is -1.89. The predicted molar refractivity (Wildman–Crippen MR) is 94.6 cm³/mol. The molecule has 1 N–H and O–H groups in total. The first kappa shape index (κ1) is 17.0. The summed E-state index contributed by atoms with van der Waals surface area (Å²) in [5.41, 5.74) is 0.654. The number of carbonyl (C=O) groups is 1. The minimum absolute atomic E-state index is 0.0346. The maximum absolute atomic E-state index is 12.6. The molecule has 1 aliphatic rings. The molecule has 0 bridgehead atoms. The smallest absolute Gasteiger partial charge is 0.254 e. The van der Waals surface area contributed by atoms with Crippen LogP contribution in [0.5, 0.6) is 5.75 Å². The fraction of sp³-hybridized carbons (Fsp3) is 0.389. The van der Waals surface area contributed by atoms with Gasteiger partial charge >= 0.3 is 0 Å². The van der Waals surface area contributed by atoms with E-state index in [0.717, 1.165) is 18.0 Å². The summed E-state index contributed by atoms with van der Waals surface area (Å²) in [7, 11) is 1.60. The zero-order valence-corrected chi connectivity index (χ0v) is 14.5. The van der Waals surface area contributed by atoms with Crippen molar-refractivity contribution in [2.24, 2.45) is 0 Å². The molecule has 1 atom stereocenters. The van der Waals surface area contributed by atoms with Crippen molar-refractivity contribution in [2.45, 2.75) is 6.10 Å². The molecule has 1 aromatic carbocycles. The molecule has 3 rings (SSSR count). The molecule has 6 heteroatoms. The number of β-amino-alcohol motifs (C(OH)–C–C–N with tert-alkyl or cyclic N) is 1. The molecule has 1 saturated heterocycles. The van der Waals surface area contributed by atoms with E-state index >= 15 is 0 Å². The predicted octanol–water partition coefficient (Wildman–Crippen LogP) is 2.25. The topological polar surface area (TPSA) is 53.0 Å². The molecule has 5 nitrogen and oxygen atoms in total. The Morgan fingerprint density at radius 3 is 2.71 bits per heavy atom. The molecule has 128 valence electrons. The van der Waals surface area contributed by atoms with Gasteiger partial charge in [-0.05, 0) is 29.6 Å². The molecule has 2 aromatic rings. The second kappa shape index (κ2) is 7.79. The highest BCUT2D eigenvalue weighted by Crippen LogP contribution is 2.21. The lowest BCUT2D eigenvalue weighted by molar-refractivity contribution is 0.0532. The van der Waals surface area contributed by atoms with E-state index in [1.165, 1.54) is 0 Å². The van der Waals surface area contributed by atoms with Gasteiger partial charge in [-0.3, -0.25) is 9.69 Å². The van der Waals surface area contributed by atoms with Crippen LogP contribution in [0.2, 0.25) is 0 Å². The summed E-state index contributed by atoms with van der Waals surface area (Å²) in [5, 5.41) is 12.2. The standard InChI is InChI=1S/C18H22N2O3S/c1-23-15-5-2-4-14(12-15)18(22)20-9-7-19(8-10-20)13-16(21)17-6-3-11-24-17/h2-6,11-12,16,21H,7-10,13H2,1H3. The van der Waals surface area contributed by atoms with E-state index in [1.54, 1.807) is 24.5 Å². The lowest BCUT2D eigenvalue weighted by Crippen LogP contribution is -2.49. The molecule has 0 radical (unpaired) electrons. The van der Waals surface area contributed by atoms with Crippen LogP contribution < -0.4 is 4.74 Å². The zero-order chi connectivity index (χ0) is 16.9. The first-order valence-corrected chi connectivity index (χ1v) is 8.92. The molecule has 1 amide bonds. The van der Waals surface area contributed by atoms with Crippen LogP contribution in [-0.4, -0.2) is 60.6 Å². The number of methoxy groups -OCH3 is 1. The van der Waals surface area contributed by atoms with Gasteiger partial charge in [-0.25, -0.2) is 0 Å². The summed E-state index contributed by atoms with van der Waals surface area (Å²) in [6.07, 6.45) is -0.453. The Morgan fingerprint density at radius 1 is 1.25 bits per heavy atom. The number of thiophene rings is 1. The summed E-state index contributed by atoms with van der Waals surface area (Å²) < 4.78 is 5.18. The number of carbonyl (C=O) groups excluding carboxylic acids is 1. The zero-order valence-electron chi connectivity index (χ0n) is 13.7. The minimum Gasteiger partial charge on any atom is -0.497 e. The summed E-state index contributed by atoms with van der Waals surface area (Å²) in [6.45, 7) is 3.51. The van der Waals surface area contributed by atoms with Crippen molar-refractivity contribution in [1.82, 2.24) is 9.80 Å². The molecular formula is C18H22N2O3S. The van der Waals surface area contributed by atoms with Gasteiger partial charge in [0.15, 0.2) is 0 Å². The third-order valence-corrected chi connectivity index (χ3v) is 5.25. The van der Waals surface area contributed by atoms with Gasteiger partial charge in [-0.15, -0.1) is 11.3 Å². The average Bonchev–Trinajstić information content (AvgIpc) is 3.16. The molecule has 0 aliphatic carbocycles. The van der Waals surface area contributed by atoms with Crippen LogP contribution in [0.25, 0.3) is 0 Å². The van der Waals surface area contributed by atoms with E-state index in [9.17, 15) is 9.90 Å². The number of ether oxygens (including phenoxy) is 1. The van der Waals surface area contributed by atoms with Crippen molar-refractivity contribution in [3.63, 3.8) is 0 Å². The van der Waals surface area contributed by atoms with Gasteiger partial charge in [0.05, 0.1) is 7.11 Å². The van der Waals surface area contributed by atoms with Crippen molar-refractivity contribution < 1.29 is 14.6 Å². The number of rotatable bonds is 5. The highest BCUT2D eigenvalue weighted by Gasteiger charge is 2.24. The number of hydrogen-bond acceptors (Lipinski definition) is 5. The maximum atomic E-state index is 12.6. The first-order chi connectivity index (χ1) is 11.7. The van der Waals surface area contributed by atoms with Gasteiger partial charge in [0, 0.05) is 43.2 Å². The minimum atomic E-state index is -0.453. The highest BCUT2D eigenvalue weighted by molar-refractivity contribution is 7.10. The summed E-state index contributed by atoms with van der Waals surface area (Å²) >= 11 is 1.57. The van der Waals surface area contributed by atoms with Gasteiger partial charge in [-0.1, -0.05) is 12.1 Å². The number of aliphatic hydroxyl groups is 1. The molecule has 2 heterocycles. The van der Waals surface area contributed by atoms with Crippen molar-refractivity contribution in [3.05, 3.63) is 52.2 Å². The van der Waals surface area contributed by atoms with E-state index in [0.29, 0.717) is 30.9 Å². The number of piperazine rings is 1. The molecule has 0 saturated carbocycles. The van der Waals surface area contributed by atoms with E-state index in [1.807, 2.05) is 40.6 Å². The Bertz CT molecular complexity index is 667. The molecule has 0 spiro atoms. The third kappa shape index (κ3) is 3.95. The Kier molecular flexibility index (Phi) is 5.50. The van der Waals surface area contributed by atoms with Gasteiger partial charge in [0.1, 0.15) is 11.9 Å². The van der Waals surface area contributed by atoms with Crippen molar-refractivity contribution in [1.29, 1.82) is 0 Å². The normalized spacial score (nSPS) is 16.8. The van der Waals surface area contributed by atoms with Crippen molar-refractivity contribution >= 4 is 17.2 Å². The largest absolute Gasteiger partial charge is 0.497 e. The van der Waals surface area contributed by atoms with E-state index < -0.39 is 6.10 Å². The van der Waals surface area contributed by atoms with Gasteiger partial charge < -0.3 is 14.7 Å². The summed E-state index contributed by atoms with van der Waals surface area (Å²) in [5.74, 6) is 0.728. The van der Waals surface area contributed by atoms with Gasteiger partial charge in [-0.2, -0.15) is 0 Å². The molecule has 24 heavy (non-hydrogen) atoms. The van der Waals surface area contributed by atoms with Crippen LogP contribution in [0.15, 0.2) is 41.8 Å². The fourth-order valence-electron chi connectivity index (χ4n) is 2.89. The highest BCUT2D eigenvalue weighted by atomic mass is 32.1. The van der Waals surface area contributed by atoms with E-state index in [4.69, 9.17) is 4.74 Å². The second-order valence-corrected chi connectivity index (χ2v) is 6.84. The number of aliphatic hydroxyl groups excluding tert-OH is 1. The molecule has 1 aromatic heterocycles. The Balaban J connectivity index is 1.53. The van der Waals surface area contributed by atoms with Crippen LogP contribution in [0.4, 0.5) is 0 Å². The van der Waals surface area contributed by atoms with Crippen molar-refractivity contribution in [3.8, 4) is 5.75 Å². The average molecular weight is 346 g/mol. The lowest BCUT2D eigenvalue weighted by atomic mass is 10.1. The summed E-state index contributed by atoms with van der Waals surface area (Å²) in [6, 6.07) is 11.2. The second-order valence-electron chi connectivity index (χ2n) is 5.86. The third-order valence-electron chi connectivity index (χ3n) is 4.28. The van der Waals surface area contributed by atoms with Crippen molar-refractivity contribution in [2.75, 3.05) is 39.8 Å². The van der Waals surface area contributed by atoms with E-state index in [2.05, 4.69) is 4.90 Å². The van der Waals surface area contributed by atoms with Crippen LogP contribution in [0.3, 0.4) is 0 Å². The van der Waals surface area contributed by atoms with Crippen LogP contribution in [-0.2, 0) is 0 Å². The monoisotopic (exact) mass is 346 g/mol. The first-order valence-electron chi connectivity index (χ1n) is 8.04. The maximum Gasteiger partial charge on any atom is 0.254 e. The quantitative estimate of drug-likeness (QED) is 0.902. The Morgan fingerprint density at radius 2 is 2.04 bits per heavy atom. The van der Waals surface area contributed by atoms with Gasteiger partial charge in [0.2, 0.25) is 0 Å². The van der Waals surface area contributed by atoms with Gasteiger partial charge in [0.25, 0.3) is 5.91 Å². The number of hydrogen-bond donors (Lipinski definition) is 1.